The molecule has 0 aliphatic carbocycles. The average molecular weight is 316 g/mol. The third-order valence-corrected chi connectivity index (χ3v) is 3.39. The number of hydrogen-bond donors (Lipinski definition) is 2. The molecule has 6 heteroatoms. The molecule has 0 bridgehead atoms. The van der Waals surface area contributed by atoms with Crippen molar-refractivity contribution >= 4 is 11.4 Å². The highest BCUT2D eigenvalue weighted by Crippen LogP contribution is 2.27. The second-order valence-corrected chi connectivity index (χ2v) is 5.39. The fourth-order valence-electron chi connectivity index (χ4n) is 2.21. The van der Waals surface area contributed by atoms with Crippen LogP contribution in [-0.2, 0) is 0 Å². The van der Waals surface area contributed by atoms with Gasteiger partial charge in [0.1, 0.15) is 24.1 Å². The van der Waals surface area contributed by atoms with Crippen molar-refractivity contribution in [3.05, 3.63) is 63.7 Å². The second-order valence-electron chi connectivity index (χ2n) is 5.39. The molecular formula is C17H20N2O4. The number of aliphatic hydroxyl groups is 1. The van der Waals surface area contributed by atoms with Gasteiger partial charge in [0, 0.05) is 12.6 Å². The first-order valence-corrected chi connectivity index (χ1v) is 7.33. The zero-order valence-corrected chi connectivity index (χ0v) is 13.2. The summed E-state index contributed by atoms with van der Waals surface area (Å²) in [6.07, 6.45) is -0.783. The van der Waals surface area contributed by atoms with Gasteiger partial charge in [-0.15, -0.1) is 0 Å². The van der Waals surface area contributed by atoms with E-state index in [0.717, 1.165) is 11.1 Å². The van der Waals surface area contributed by atoms with Crippen molar-refractivity contribution < 1.29 is 14.8 Å². The Morgan fingerprint density at radius 3 is 2.70 bits per heavy atom. The Balaban J connectivity index is 1.92. The summed E-state index contributed by atoms with van der Waals surface area (Å²) >= 11 is 0. The number of nitrogens with one attached hydrogen (secondary N) is 1. The number of rotatable bonds is 7. The van der Waals surface area contributed by atoms with Gasteiger partial charge in [0.2, 0.25) is 0 Å². The molecule has 2 aromatic carbocycles. The van der Waals surface area contributed by atoms with Crippen LogP contribution in [-0.4, -0.2) is 29.3 Å². The molecule has 0 spiro atoms. The van der Waals surface area contributed by atoms with E-state index in [-0.39, 0.29) is 18.8 Å². The van der Waals surface area contributed by atoms with Crippen LogP contribution in [0.1, 0.15) is 11.1 Å². The first kappa shape index (κ1) is 16.8. The lowest BCUT2D eigenvalue weighted by Crippen LogP contribution is -2.26. The highest BCUT2D eigenvalue weighted by Gasteiger charge is 2.16. The van der Waals surface area contributed by atoms with Gasteiger partial charge in [-0.2, -0.15) is 0 Å². The van der Waals surface area contributed by atoms with Crippen molar-refractivity contribution in [2.75, 3.05) is 18.5 Å². The van der Waals surface area contributed by atoms with Crippen LogP contribution in [0.2, 0.25) is 0 Å². The van der Waals surface area contributed by atoms with Crippen LogP contribution in [0.4, 0.5) is 11.4 Å². The van der Waals surface area contributed by atoms with E-state index in [1.165, 1.54) is 6.07 Å². The quantitative estimate of drug-likeness (QED) is 0.606. The molecule has 2 rings (SSSR count). The van der Waals surface area contributed by atoms with Crippen LogP contribution >= 0.6 is 0 Å². The van der Waals surface area contributed by atoms with Gasteiger partial charge in [-0.05, 0) is 37.1 Å². The Hall–Kier alpha value is -2.60. The largest absolute Gasteiger partial charge is 0.491 e. The van der Waals surface area contributed by atoms with Crippen LogP contribution in [0.25, 0.3) is 0 Å². The highest BCUT2D eigenvalue weighted by molar-refractivity contribution is 5.65. The summed E-state index contributed by atoms with van der Waals surface area (Å²) in [6.45, 7) is 4.01. The predicted molar refractivity (Wildman–Crippen MR) is 89.0 cm³/mol. The van der Waals surface area contributed by atoms with Crippen molar-refractivity contribution in [2.45, 2.75) is 20.0 Å². The Morgan fingerprint density at radius 2 is 2.00 bits per heavy atom. The molecule has 0 radical (unpaired) electrons. The first-order chi connectivity index (χ1) is 11.0. The Kier molecular flexibility index (Phi) is 5.54. The molecule has 6 nitrogen and oxygen atoms in total. The number of anilines is 1. The molecule has 0 heterocycles. The molecule has 2 aromatic rings. The SMILES string of the molecule is Cc1cccc(OCC(O)CNc2c(C)cccc2[N+](=O)[O-])c1. The summed E-state index contributed by atoms with van der Waals surface area (Å²) in [6, 6.07) is 12.4. The molecule has 23 heavy (non-hydrogen) atoms. The summed E-state index contributed by atoms with van der Waals surface area (Å²) in [7, 11) is 0. The van der Waals surface area contributed by atoms with Gasteiger partial charge in [-0.25, -0.2) is 0 Å². The highest BCUT2D eigenvalue weighted by atomic mass is 16.6. The van der Waals surface area contributed by atoms with Crippen molar-refractivity contribution in [3.8, 4) is 5.75 Å². The molecule has 0 amide bonds. The normalized spacial score (nSPS) is 11.8. The van der Waals surface area contributed by atoms with Crippen molar-refractivity contribution in [2.24, 2.45) is 0 Å². The number of aliphatic hydroxyl groups excluding tert-OH is 1. The lowest BCUT2D eigenvalue weighted by atomic mass is 10.1. The zero-order chi connectivity index (χ0) is 16.8. The molecule has 0 fully saturated rings. The summed E-state index contributed by atoms with van der Waals surface area (Å²) in [4.78, 5) is 10.6. The van der Waals surface area contributed by atoms with Crippen LogP contribution in [0, 0.1) is 24.0 Å². The van der Waals surface area contributed by atoms with Crippen molar-refractivity contribution in [3.63, 3.8) is 0 Å². The number of hydrogen-bond acceptors (Lipinski definition) is 5. The number of nitrogens with zero attached hydrogens (tertiary/aromatic N) is 1. The number of para-hydroxylation sites is 1. The topological polar surface area (TPSA) is 84.6 Å². The third kappa shape index (κ3) is 4.69. The summed E-state index contributed by atoms with van der Waals surface area (Å²) in [5.74, 6) is 0.686. The second kappa shape index (κ2) is 7.60. The van der Waals surface area contributed by atoms with E-state index in [1.807, 2.05) is 31.2 Å². The molecule has 1 unspecified atom stereocenters. The molecule has 0 aliphatic rings. The minimum absolute atomic E-state index is 0.00296. The monoisotopic (exact) mass is 316 g/mol. The predicted octanol–water partition coefficient (Wildman–Crippen LogP) is 3.06. The molecule has 2 N–H and O–H groups in total. The minimum Gasteiger partial charge on any atom is -0.491 e. The van der Waals surface area contributed by atoms with Crippen LogP contribution in [0.15, 0.2) is 42.5 Å². The zero-order valence-electron chi connectivity index (χ0n) is 13.2. The molecule has 0 saturated heterocycles. The van der Waals surface area contributed by atoms with Crippen molar-refractivity contribution in [1.82, 2.24) is 0 Å². The molecule has 1 atom stereocenters. The van der Waals surface area contributed by atoms with Crippen molar-refractivity contribution in [1.29, 1.82) is 0 Å². The minimum atomic E-state index is -0.783. The standard InChI is InChI=1S/C17H20N2O4/c1-12-5-3-7-15(9-12)23-11-14(20)10-18-17-13(2)6-4-8-16(17)19(21)22/h3-9,14,18,20H,10-11H2,1-2H3. The number of benzene rings is 2. The van der Waals surface area contributed by atoms with Crippen LogP contribution in [0.3, 0.4) is 0 Å². The average Bonchev–Trinajstić information content (AvgIpc) is 2.51. The van der Waals surface area contributed by atoms with E-state index in [2.05, 4.69) is 5.32 Å². The van der Waals surface area contributed by atoms with E-state index in [1.54, 1.807) is 19.1 Å². The smallest absolute Gasteiger partial charge is 0.292 e. The number of aryl methyl sites for hydroxylation is 2. The van der Waals surface area contributed by atoms with E-state index in [0.29, 0.717) is 11.4 Å². The maximum Gasteiger partial charge on any atom is 0.292 e. The maximum absolute atomic E-state index is 11.0. The van der Waals surface area contributed by atoms with Gasteiger partial charge < -0.3 is 15.2 Å². The summed E-state index contributed by atoms with van der Waals surface area (Å²) in [5, 5.41) is 24.0. The molecule has 0 saturated carbocycles. The van der Waals surface area contributed by atoms with Gasteiger partial charge in [0.15, 0.2) is 0 Å². The number of nitro benzene ring substituents is 1. The first-order valence-electron chi connectivity index (χ1n) is 7.33. The Bertz CT molecular complexity index is 688. The van der Waals surface area contributed by atoms with Gasteiger partial charge in [-0.3, -0.25) is 10.1 Å². The Morgan fingerprint density at radius 1 is 1.26 bits per heavy atom. The lowest BCUT2D eigenvalue weighted by Gasteiger charge is -2.15. The molecular weight excluding hydrogens is 296 g/mol. The molecule has 0 aromatic heterocycles. The van der Waals surface area contributed by atoms with E-state index in [4.69, 9.17) is 4.74 Å². The van der Waals surface area contributed by atoms with Crippen LogP contribution < -0.4 is 10.1 Å². The van der Waals surface area contributed by atoms with Gasteiger partial charge in [-0.1, -0.05) is 24.3 Å². The molecule has 122 valence electrons. The molecule has 0 aliphatic heterocycles. The maximum atomic E-state index is 11.0. The van der Waals surface area contributed by atoms with Gasteiger partial charge in [0.05, 0.1) is 4.92 Å². The fourth-order valence-corrected chi connectivity index (χ4v) is 2.21. The summed E-state index contributed by atoms with van der Waals surface area (Å²) < 4.78 is 5.52. The Labute approximate surface area is 134 Å². The number of nitro groups is 1. The van der Waals surface area contributed by atoms with Gasteiger partial charge in [0.25, 0.3) is 5.69 Å². The fraction of sp³-hybridized carbons (Fsp3) is 0.294. The lowest BCUT2D eigenvalue weighted by molar-refractivity contribution is -0.384. The number of ether oxygens (including phenoxy) is 1. The summed E-state index contributed by atoms with van der Waals surface area (Å²) in [5.41, 5.74) is 2.25. The van der Waals surface area contributed by atoms with E-state index < -0.39 is 11.0 Å². The van der Waals surface area contributed by atoms with E-state index >= 15 is 0 Å². The van der Waals surface area contributed by atoms with Crippen LogP contribution in [0.5, 0.6) is 5.75 Å². The van der Waals surface area contributed by atoms with E-state index in [9.17, 15) is 15.2 Å². The van der Waals surface area contributed by atoms with Gasteiger partial charge >= 0.3 is 0 Å². The third-order valence-electron chi connectivity index (χ3n) is 3.39.